The molecule has 1 atom stereocenters. The summed E-state index contributed by atoms with van der Waals surface area (Å²) in [5.41, 5.74) is 2.14. The van der Waals surface area contributed by atoms with Gasteiger partial charge in [0.05, 0.1) is 17.3 Å². The summed E-state index contributed by atoms with van der Waals surface area (Å²) in [4.78, 5) is 0. The maximum absolute atomic E-state index is 9.95. The van der Waals surface area contributed by atoms with Crippen molar-refractivity contribution in [1.82, 2.24) is 9.78 Å². The van der Waals surface area contributed by atoms with Crippen molar-refractivity contribution in [3.63, 3.8) is 0 Å². The molecule has 0 amide bonds. The first-order chi connectivity index (χ1) is 8.22. The van der Waals surface area contributed by atoms with Crippen molar-refractivity contribution in [1.29, 1.82) is 0 Å². The van der Waals surface area contributed by atoms with Gasteiger partial charge in [-0.05, 0) is 12.5 Å². The van der Waals surface area contributed by atoms with Gasteiger partial charge in [0, 0.05) is 18.9 Å². The van der Waals surface area contributed by atoms with E-state index in [0.29, 0.717) is 6.42 Å². The standard InChI is InChI=1S/C14H20N2O/c1-3-4-7-11(17)10-13-12-8-5-6-9-14(12)16(2)15-13/h5-6,8-9,11,17H,3-4,7,10H2,1-2H3. The van der Waals surface area contributed by atoms with Gasteiger partial charge in [-0.15, -0.1) is 0 Å². The van der Waals surface area contributed by atoms with Gasteiger partial charge in [-0.3, -0.25) is 4.68 Å². The van der Waals surface area contributed by atoms with Gasteiger partial charge in [0.2, 0.25) is 0 Å². The molecular weight excluding hydrogens is 212 g/mol. The lowest BCUT2D eigenvalue weighted by Gasteiger charge is -2.07. The minimum absolute atomic E-state index is 0.270. The van der Waals surface area contributed by atoms with Crippen molar-refractivity contribution >= 4 is 10.9 Å². The quantitative estimate of drug-likeness (QED) is 0.860. The predicted molar refractivity (Wildman–Crippen MR) is 69.9 cm³/mol. The third kappa shape index (κ3) is 2.67. The SMILES string of the molecule is CCCCC(O)Cc1nn(C)c2ccccc12. The van der Waals surface area contributed by atoms with E-state index in [0.717, 1.165) is 35.9 Å². The second-order valence-electron chi connectivity index (χ2n) is 4.59. The summed E-state index contributed by atoms with van der Waals surface area (Å²) >= 11 is 0. The highest BCUT2D eigenvalue weighted by Crippen LogP contribution is 2.19. The monoisotopic (exact) mass is 232 g/mol. The number of unbranched alkanes of at least 4 members (excludes halogenated alkanes) is 1. The minimum atomic E-state index is -0.270. The van der Waals surface area contributed by atoms with Gasteiger partial charge in [0.25, 0.3) is 0 Å². The van der Waals surface area contributed by atoms with Crippen LogP contribution in [0.4, 0.5) is 0 Å². The zero-order valence-corrected chi connectivity index (χ0v) is 10.6. The summed E-state index contributed by atoms with van der Waals surface area (Å²) in [5.74, 6) is 0. The summed E-state index contributed by atoms with van der Waals surface area (Å²) in [5, 5.41) is 15.6. The fraction of sp³-hybridized carbons (Fsp3) is 0.500. The van der Waals surface area contributed by atoms with Gasteiger partial charge in [0.15, 0.2) is 0 Å². The highest BCUT2D eigenvalue weighted by Gasteiger charge is 2.12. The number of benzene rings is 1. The van der Waals surface area contributed by atoms with Crippen molar-refractivity contribution in [2.45, 2.75) is 38.7 Å². The molecule has 0 radical (unpaired) electrons. The van der Waals surface area contributed by atoms with Crippen LogP contribution >= 0.6 is 0 Å². The normalized spacial score (nSPS) is 13.1. The van der Waals surface area contributed by atoms with E-state index in [1.165, 1.54) is 0 Å². The summed E-state index contributed by atoms with van der Waals surface area (Å²) in [6.45, 7) is 2.14. The number of nitrogens with zero attached hydrogens (tertiary/aromatic N) is 2. The van der Waals surface area contributed by atoms with E-state index in [-0.39, 0.29) is 6.10 Å². The Morgan fingerprint density at radius 3 is 2.88 bits per heavy atom. The van der Waals surface area contributed by atoms with Gasteiger partial charge >= 0.3 is 0 Å². The van der Waals surface area contributed by atoms with Crippen molar-refractivity contribution in [2.24, 2.45) is 7.05 Å². The summed E-state index contributed by atoms with van der Waals surface area (Å²) in [6, 6.07) is 8.17. The van der Waals surface area contributed by atoms with Gasteiger partial charge in [-0.2, -0.15) is 5.10 Å². The van der Waals surface area contributed by atoms with E-state index in [2.05, 4.69) is 24.2 Å². The molecule has 3 heteroatoms. The van der Waals surface area contributed by atoms with Crippen molar-refractivity contribution < 1.29 is 5.11 Å². The Bertz CT molecular complexity index is 490. The first kappa shape index (κ1) is 12.1. The zero-order valence-electron chi connectivity index (χ0n) is 10.6. The number of aliphatic hydroxyl groups excluding tert-OH is 1. The highest BCUT2D eigenvalue weighted by atomic mass is 16.3. The molecule has 1 heterocycles. The molecule has 3 nitrogen and oxygen atoms in total. The predicted octanol–water partition coefficient (Wildman–Crippen LogP) is 2.67. The first-order valence-electron chi connectivity index (χ1n) is 6.31. The maximum Gasteiger partial charge on any atom is 0.0728 e. The molecule has 2 aromatic rings. The lowest BCUT2D eigenvalue weighted by molar-refractivity contribution is 0.161. The second-order valence-corrected chi connectivity index (χ2v) is 4.59. The van der Waals surface area contributed by atoms with Crippen LogP contribution in [0.5, 0.6) is 0 Å². The van der Waals surface area contributed by atoms with Crippen molar-refractivity contribution in [3.8, 4) is 0 Å². The van der Waals surface area contributed by atoms with Crippen LogP contribution in [0.25, 0.3) is 10.9 Å². The number of fused-ring (bicyclic) bond motifs is 1. The number of aromatic nitrogens is 2. The van der Waals surface area contributed by atoms with E-state index < -0.39 is 0 Å². The lowest BCUT2D eigenvalue weighted by atomic mass is 10.1. The van der Waals surface area contributed by atoms with Crippen LogP contribution in [0, 0.1) is 0 Å². The second kappa shape index (κ2) is 5.32. The summed E-state index contributed by atoms with van der Waals surface area (Å²) in [6.07, 6.45) is 3.45. The van der Waals surface area contributed by atoms with Crippen LogP contribution in [0.3, 0.4) is 0 Å². The van der Waals surface area contributed by atoms with Crippen LogP contribution in [0.15, 0.2) is 24.3 Å². The van der Waals surface area contributed by atoms with E-state index in [1.54, 1.807) is 0 Å². The third-order valence-electron chi connectivity index (χ3n) is 3.15. The van der Waals surface area contributed by atoms with E-state index >= 15 is 0 Å². The Hall–Kier alpha value is -1.35. The molecule has 2 rings (SSSR count). The molecule has 1 aromatic carbocycles. The van der Waals surface area contributed by atoms with E-state index in [9.17, 15) is 5.11 Å². The fourth-order valence-corrected chi connectivity index (χ4v) is 2.20. The van der Waals surface area contributed by atoms with Crippen molar-refractivity contribution in [2.75, 3.05) is 0 Å². The molecule has 0 aliphatic heterocycles. The number of aryl methyl sites for hydroxylation is 1. The van der Waals surface area contributed by atoms with Gasteiger partial charge in [-0.1, -0.05) is 38.0 Å². The smallest absolute Gasteiger partial charge is 0.0728 e. The number of hydrogen-bond donors (Lipinski definition) is 1. The average Bonchev–Trinajstić information content (AvgIpc) is 2.65. The Labute approximate surface area is 102 Å². The summed E-state index contributed by atoms with van der Waals surface area (Å²) < 4.78 is 1.89. The third-order valence-corrected chi connectivity index (χ3v) is 3.15. The Morgan fingerprint density at radius 2 is 2.12 bits per heavy atom. The molecule has 0 saturated carbocycles. The van der Waals surface area contributed by atoms with Crippen molar-refractivity contribution in [3.05, 3.63) is 30.0 Å². The Kier molecular flexibility index (Phi) is 3.79. The number of hydrogen-bond acceptors (Lipinski definition) is 2. The van der Waals surface area contributed by atoms with Crippen LogP contribution in [-0.4, -0.2) is 21.0 Å². The molecule has 17 heavy (non-hydrogen) atoms. The highest BCUT2D eigenvalue weighted by molar-refractivity contribution is 5.81. The zero-order chi connectivity index (χ0) is 12.3. The van der Waals surface area contributed by atoms with Crippen LogP contribution in [-0.2, 0) is 13.5 Å². The van der Waals surface area contributed by atoms with E-state index in [1.807, 2.05) is 23.9 Å². The molecule has 0 aliphatic carbocycles. The molecule has 0 bridgehead atoms. The van der Waals surface area contributed by atoms with Crippen LogP contribution in [0.1, 0.15) is 31.9 Å². The maximum atomic E-state index is 9.95. The first-order valence-corrected chi connectivity index (χ1v) is 6.31. The van der Waals surface area contributed by atoms with Gasteiger partial charge < -0.3 is 5.11 Å². The summed E-state index contributed by atoms with van der Waals surface area (Å²) in [7, 11) is 1.95. The van der Waals surface area contributed by atoms with Crippen LogP contribution in [0.2, 0.25) is 0 Å². The van der Waals surface area contributed by atoms with Gasteiger partial charge in [0.1, 0.15) is 0 Å². The Balaban J connectivity index is 2.18. The molecule has 1 N–H and O–H groups in total. The number of aliphatic hydroxyl groups is 1. The molecule has 0 fully saturated rings. The molecule has 1 aromatic heterocycles. The number of rotatable bonds is 5. The molecule has 0 saturated heterocycles. The number of para-hydroxylation sites is 1. The fourth-order valence-electron chi connectivity index (χ4n) is 2.20. The largest absolute Gasteiger partial charge is 0.393 e. The average molecular weight is 232 g/mol. The minimum Gasteiger partial charge on any atom is -0.393 e. The molecule has 1 unspecified atom stereocenters. The molecular formula is C14H20N2O. The lowest BCUT2D eigenvalue weighted by Crippen LogP contribution is -2.11. The van der Waals surface area contributed by atoms with E-state index in [4.69, 9.17) is 0 Å². The molecule has 92 valence electrons. The van der Waals surface area contributed by atoms with Gasteiger partial charge in [-0.25, -0.2) is 0 Å². The topological polar surface area (TPSA) is 38.1 Å². The Morgan fingerprint density at radius 1 is 1.35 bits per heavy atom. The molecule has 0 spiro atoms. The molecule has 0 aliphatic rings. The van der Waals surface area contributed by atoms with Crippen LogP contribution < -0.4 is 0 Å².